The zero-order valence-corrected chi connectivity index (χ0v) is 46.6. The van der Waals surface area contributed by atoms with Crippen LogP contribution in [0.15, 0.2) is 84.9 Å². The minimum Gasteiger partial charge on any atom is -0.488 e. The second-order valence-corrected chi connectivity index (χ2v) is 21.1. The normalized spacial score (nSPS) is 22.5. The number of fused-ring (bicyclic) bond motifs is 2. The van der Waals surface area contributed by atoms with Gasteiger partial charge in [0.05, 0.1) is 22.1 Å². The maximum atomic E-state index is 13.3. The molecule has 1 amide bonds. The number of rotatable bonds is 16. The van der Waals surface area contributed by atoms with Crippen molar-refractivity contribution in [1.29, 1.82) is 0 Å². The number of carbonyl (C=O) groups is 2. The molecule has 0 spiro atoms. The molecule has 25 heteroatoms. The van der Waals surface area contributed by atoms with Crippen LogP contribution in [-0.4, -0.2) is 157 Å². The smallest absolute Gasteiger partial charge is 0.423 e. The summed E-state index contributed by atoms with van der Waals surface area (Å²) < 4.78 is 102. The summed E-state index contributed by atoms with van der Waals surface area (Å²) in [6.45, 7) is 12.9. The van der Waals surface area contributed by atoms with Gasteiger partial charge in [0.2, 0.25) is 5.91 Å². The lowest BCUT2D eigenvalue weighted by Crippen LogP contribution is -2.51. The minimum atomic E-state index is -4.82. The predicted octanol–water partition coefficient (Wildman–Crippen LogP) is 9.86. The van der Waals surface area contributed by atoms with E-state index in [9.17, 15) is 56.2 Å². The number of carboxylic acid groups (broad SMARTS) is 1. The Morgan fingerprint density at radius 3 is 1.42 bits per heavy atom. The minimum absolute atomic E-state index is 0.0150. The zero-order valence-electron chi connectivity index (χ0n) is 46.6. The molecule has 2 saturated heterocycles. The topological polar surface area (TPSA) is 223 Å². The fraction of sp³-hybridized carbons (Fsp3) is 0.552. The molecular weight excluding hydrogens is 1100 g/mol. The summed E-state index contributed by atoms with van der Waals surface area (Å²) >= 11 is 0. The van der Waals surface area contributed by atoms with Crippen LogP contribution in [0.4, 0.5) is 49.1 Å². The van der Waals surface area contributed by atoms with Gasteiger partial charge in [-0.1, -0.05) is 50.2 Å². The van der Waals surface area contributed by atoms with Gasteiger partial charge in [0.1, 0.15) is 48.0 Å². The monoisotopic (exact) mass is 1170 g/mol. The molecule has 10 rings (SSSR count). The molecule has 4 N–H and O–H groups in total. The van der Waals surface area contributed by atoms with Crippen LogP contribution in [0.5, 0.6) is 11.5 Å². The number of nitrogens with zero attached hydrogens (tertiary/aromatic N) is 5. The molecule has 4 fully saturated rings. The summed E-state index contributed by atoms with van der Waals surface area (Å²) in [5.41, 5.74) is -1.54. The van der Waals surface area contributed by atoms with Gasteiger partial charge in [-0.25, -0.2) is 4.79 Å². The molecule has 0 radical (unpaired) electrons. The van der Waals surface area contributed by atoms with Gasteiger partial charge < -0.3 is 44.9 Å². The second kappa shape index (κ2) is 30.1. The summed E-state index contributed by atoms with van der Waals surface area (Å²) in [5, 5.41) is 39.7. The van der Waals surface area contributed by atoms with Gasteiger partial charge in [0, 0.05) is 114 Å². The van der Waals surface area contributed by atoms with Crippen molar-refractivity contribution in [2.75, 3.05) is 89.3 Å². The number of nitro groups is 2. The van der Waals surface area contributed by atoms with E-state index in [0.717, 1.165) is 101 Å². The molecule has 0 aromatic heterocycles. The molecule has 2 saturated carbocycles. The number of halogens is 6. The quantitative estimate of drug-likeness (QED) is 0.0465. The van der Waals surface area contributed by atoms with E-state index >= 15 is 0 Å². The lowest BCUT2D eigenvalue weighted by Gasteiger charge is -2.36. The molecule has 4 aromatic rings. The SMILES string of the molecule is CC.O=C(COC1CCC(Nc2ccc([N+](=O)[O-])c(C(F)(F)F)c2)CC1)N1CCN(CC2Cc3ccccc3O2)CC1.O=C(O)COC1CCC(Nc2ccc([N+](=O)[O-])c(C(F)(F)F)c2)CC1.c1ccc2c(c1)CC(CN1CCNCC1)O2. The predicted molar refractivity (Wildman–Crippen MR) is 298 cm³/mol. The highest BCUT2D eigenvalue weighted by atomic mass is 19.4. The van der Waals surface area contributed by atoms with Gasteiger partial charge >= 0.3 is 18.3 Å². The number of nitrogens with one attached hydrogen (secondary N) is 3. The van der Waals surface area contributed by atoms with Gasteiger partial charge in [0.25, 0.3) is 11.4 Å². The molecular formula is C58H74F6N8O11. The average Bonchev–Trinajstić information content (AvgIpc) is 4.25. The fourth-order valence-electron chi connectivity index (χ4n) is 11.1. The van der Waals surface area contributed by atoms with Crippen molar-refractivity contribution < 1.29 is 69.8 Å². The molecule has 0 bridgehead atoms. The number of benzene rings is 4. The number of carbonyl (C=O) groups excluding carboxylic acids is 1. The average molecular weight is 1170 g/mol. The van der Waals surface area contributed by atoms with Gasteiger partial charge in [-0.05, 0) is 98.9 Å². The maximum absolute atomic E-state index is 13.3. The first-order valence-corrected chi connectivity index (χ1v) is 28.4. The van der Waals surface area contributed by atoms with Crippen molar-refractivity contribution >= 4 is 34.6 Å². The Hall–Kier alpha value is -6.80. The highest BCUT2D eigenvalue weighted by Gasteiger charge is 2.40. The summed E-state index contributed by atoms with van der Waals surface area (Å²) in [7, 11) is 0. The van der Waals surface area contributed by atoms with Crippen LogP contribution in [-0.2, 0) is 44.3 Å². The van der Waals surface area contributed by atoms with Crippen LogP contribution in [0.1, 0.15) is 87.5 Å². The first kappa shape index (κ1) is 63.8. The number of nitro benzene ring substituents is 2. The Morgan fingerprint density at radius 2 is 1.02 bits per heavy atom. The summed E-state index contributed by atoms with van der Waals surface area (Å²) in [5.74, 6) is 0.966. The number of para-hydroxylation sites is 2. The Labute approximate surface area is 478 Å². The number of aliphatic carboxylic acids is 1. The number of alkyl halides is 6. The molecule has 2 atom stereocenters. The number of piperazine rings is 2. The van der Waals surface area contributed by atoms with E-state index in [-0.39, 0.29) is 60.9 Å². The number of ether oxygens (including phenoxy) is 4. The van der Waals surface area contributed by atoms with Crippen LogP contribution >= 0.6 is 0 Å². The first-order valence-electron chi connectivity index (χ1n) is 28.4. The van der Waals surface area contributed by atoms with E-state index in [1.54, 1.807) is 0 Å². The molecule has 83 heavy (non-hydrogen) atoms. The Morgan fingerprint density at radius 1 is 0.614 bits per heavy atom. The largest absolute Gasteiger partial charge is 0.488 e. The molecule has 4 aliphatic heterocycles. The van der Waals surface area contributed by atoms with Crippen LogP contribution in [0.25, 0.3) is 0 Å². The molecule has 4 heterocycles. The van der Waals surface area contributed by atoms with E-state index in [1.807, 2.05) is 43.0 Å². The zero-order chi connectivity index (χ0) is 59.7. The van der Waals surface area contributed by atoms with Crippen LogP contribution < -0.4 is 25.4 Å². The number of carboxylic acids is 1. The van der Waals surface area contributed by atoms with E-state index in [1.165, 1.54) is 23.3 Å². The third-order valence-corrected chi connectivity index (χ3v) is 15.3. The summed E-state index contributed by atoms with van der Waals surface area (Å²) in [4.78, 5) is 49.5. The van der Waals surface area contributed by atoms with Crippen LogP contribution in [0.2, 0.25) is 0 Å². The van der Waals surface area contributed by atoms with Gasteiger partial charge in [0.15, 0.2) is 0 Å². The molecule has 454 valence electrons. The molecule has 19 nitrogen and oxygen atoms in total. The molecule has 2 aliphatic carbocycles. The van der Waals surface area contributed by atoms with Gasteiger partial charge in [-0.15, -0.1) is 0 Å². The van der Waals surface area contributed by atoms with Crippen molar-refractivity contribution in [2.24, 2.45) is 0 Å². The highest BCUT2D eigenvalue weighted by molar-refractivity contribution is 5.77. The lowest BCUT2D eigenvalue weighted by atomic mass is 9.92. The standard InChI is InChI=1S/C28H33F3N4O5.C15H17F3N2O5.C13H18N2O.C2H6/c29-28(30,31)24-16-21(7-10-25(24)35(37)38)32-20-5-8-22(9-6-20)39-18-27(36)34-13-11-33(12-14-34)17-23-15-19-3-1-2-4-26(19)40-23;16-15(17,18)12-7-10(3-6-13(12)20(23)24)19-9-1-4-11(5-2-9)25-8-14(21)22;1-2-4-13-11(3-1)9-12(16-13)10-15-7-5-14-6-8-15;1-2/h1-4,7,10,16,20,22-23,32H,5-6,8-9,11-15,17-18H2;3,6-7,9,11,19H,1-2,4-5,8H2,(H,21,22);1-4,12,14H,5-10H2;1-2H3. The van der Waals surface area contributed by atoms with E-state index in [4.69, 9.17) is 24.1 Å². The fourth-order valence-corrected chi connectivity index (χ4v) is 11.1. The van der Waals surface area contributed by atoms with Gasteiger partial charge in [-0.2, -0.15) is 26.3 Å². The third kappa shape index (κ3) is 19.1. The Balaban J connectivity index is 0.000000195. The van der Waals surface area contributed by atoms with Crippen molar-refractivity contribution in [1.82, 2.24) is 20.0 Å². The third-order valence-electron chi connectivity index (χ3n) is 15.3. The molecule has 4 aromatic carbocycles. The Kier molecular flexibility index (Phi) is 23.2. The van der Waals surface area contributed by atoms with Crippen molar-refractivity contribution in [2.45, 2.75) is 127 Å². The molecule has 6 aliphatic rings. The maximum Gasteiger partial charge on any atom is 0.423 e. The highest BCUT2D eigenvalue weighted by Crippen LogP contribution is 2.40. The summed E-state index contributed by atoms with van der Waals surface area (Å²) in [6, 6.07) is 22.1. The first-order chi connectivity index (χ1) is 39.7. The van der Waals surface area contributed by atoms with Crippen molar-refractivity contribution in [3.63, 3.8) is 0 Å². The van der Waals surface area contributed by atoms with Crippen molar-refractivity contribution in [3.8, 4) is 11.5 Å². The van der Waals surface area contributed by atoms with E-state index < -0.39 is 50.7 Å². The van der Waals surface area contributed by atoms with E-state index in [0.29, 0.717) is 70.6 Å². The van der Waals surface area contributed by atoms with Crippen LogP contribution in [0, 0.1) is 20.2 Å². The Bertz CT molecular complexity index is 2720. The molecule has 2 unspecified atom stereocenters. The number of anilines is 2. The number of hydrogen-bond donors (Lipinski definition) is 4. The lowest BCUT2D eigenvalue weighted by molar-refractivity contribution is -0.388. The number of amides is 1. The van der Waals surface area contributed by atoms with Gasteiger partial charge in [-0.3, -0.25) is 34.8 Å². The number of hydrogen-bond acceptors (Lipinski definition) is 15. The van der Waals surface area contributed by atoms with Crippen molar-refractivity contribution in [3.05, 3.63) is 127 Å². The second-order valence-electron chi connectivity index (χ2n) is 21.1. The summed E-state index contributed by atoms with van der Waals surface area (Å²) in [6.07, 6.45) is -2.42. The van der Waals surface area contributed by atoms with Crippen LogP contribution in [0.3, 0.4) is 0 Å². The van der Waals surface area contributed by atoms with E-state index in [2.05, 4.69) is 50.0 Å².